The number of fused-ring (bicyclic) bond motifs is 3. The number of nitrogens with zero attached hydrogens (tertiary/aromatic N) is 1. The molecule has 2 aromatic rings. The van der Waals surface area contributed by atoms with E-state index in [4.69, 9.17) is 0 Å². The second-order valence-corrected chi connectivity index (χ2v) is 7.04. The second-order valence-electron chi connectivity index (χ2n) is 7.04. The van der Waals surface area contributed by atoms with Crippen LogP contribution >= 0.6 is 0 Å². The predicted molar refractivity (Wildman–Crippen MR) is 95.6 cm³/mol. The molecule has 1 aliphatic heterocycles. The smallest absolute Gasteiger partial charge is 0.377 e. The van der Waals surface area contributed by atoms with E-state index in [2.05, 4.69) is 5.32 Å². The zero-order valence-corrected chi connectivity index (χ0v) is 14.5. The Morgan fingerprint density at radius 3 is 2.63 bits per heavy atom. The largest absolute Gasteiger partial charge is 0.416 e. The van der Waals surface area contributed by atoms with Gasteiger partial charge in [0.05, 0.1) is 16.5 Å². The summed E-state index contributed by atoms with van der Waals surface area (Å²) in [5.74, 6) is -0.270. The van der Waals surface area contributed by atoms with Crippen LogP contribution < -0.4 is 5.32 Å². The fraction of sp³-hybridized carbons (Fsp3) is 0.300. The molecule has 3 atom stereocenters. The Morgan fingerprint density at radius 1 is 1.19 bits per heavy atom. The van der Waals surface area contributed by atoms with Crippen molar-refractivity contribution in [3.05, 3.63) is 80.9 Å². The first kappa shape index (κ1) is 17.6. The molecule has 27 heavy (non-hydrogen) atoms. The third-order valence-corrected chi connectivity index (χ3v) is 5.46. The van der Waals surface area contributed by atoms with Crippen LogP contribution in [0, 0.1) is 23.0 Å². The van der Waals surface area contributed by atoms with Crippen LogP contribution in [-0.4, -0.2) is 4.92 Å². The fourth-order valence-electron chi connectivity index (χ4n) is 4.31. The fourth-order valence-corrected chi connectivity index (χ4v) is 4.31. The maximum atomic E-state index is 13.5. The molecule has 0 amide bonds. The number of hydrogen-bond acceptors (Lipinski definition) is 3. The average Bonchev–Trinajstić information content (AvgIpc) is 3.10. The Kier molecular flexibility index (Phi) is 3.98. The highest BCUT2D eigenvalue weighted by Crippen LogP contribution is 2.52. The number of benzene rings is 2. The van der Waals surface area contributed by atoms with Crippen LogP contribution in [0.15, 0.2) is 48.6 Å². The first-order valence-corrected chi connectivity index (χ1v) is 8.65. The highest BCUT2D eigenvalue weighted by atomic mass is 19.4. The van der Waals surface area contributed by atoms with Gasteiger partial charge in [-0.3, -0.25) is 10.1 Å². The van der Waals surface area contributed by atoms with Crippen LogP contribution in [0.2, 0.25) is 0 Å². The summed E-state index contributed by atoms with van der Waals surface area (Å²) in [5.41, 5.74) is 1.70. The second kappa shape index (κ2) is 6.11. The highest BCUT2D eigenvalue weighted by Gasteiger charge is 2.43. The van der Waals surface area contributed by atoms with Crippen molar-refractivity contribution in [2.75, 3.05) is 5.32 Å². The zero-order valence-electron chi connectivity index (χ0n) is 14.5. The minimum Gasteiger partial charge on any atom is -0.377 e. The SMILES string of the molecule is Cc1cc([N+](=O)[O-])cc2c1N[C@H](c1ccccc1C(F)(F)F)[C@H]1CC=C[C@@H]21. The predicted octanol–water partition coefficient (Wildman–Crippen LogP) is 5.75. The summed E-state index contributed by atoms with van der Waals surface area (Å²) in [6, 6.07) is 8.10. The van der Waals surface area contributed by atoms with Crippen molar-refractivity contribution in [3.8, 4) is 0 Å². The van der Waals surface area contributed by atoms with Crippen molar-refractivity contribution in [1.82, 2.24) is 0 Å². The van der Waals surface area contributed by atoms with Gasteiger partial charge in [0.25, 0.3) is 5.69 Å². The van der Waals surface area contributed by atoms with E-state index >= 15 is 0 Å². The van der Waals surface area contributed by atoms with E-state index in [-0.39, 0.29) is 23.1 Å². The molecule has 140 valence electrons. The summed E-state index contributed by atoms with van der Waals surface area (Å²) in [6.07, 6.45) is 0.0838. The molecule has 0 aromatic heterocycles. The summed E-state index contributed by atoms with van der Waals surface area (Å²) >= 11 is 0. The van der Waals surface area contributed by atoms with E-state index in [1.54, 1.807) is 13.0 Å². The van der Waals surface area contributed by atoms with Crippen molar-refractivity contribution in [1.29, 1.82) is 0 Å². The molecule has 0 fully saturated rings. The van der Waals surface area contributed by atoms with Crippen LogP contribution in [0.5, 0.6) is 0 Å². The minimum atomic E-state index is -4.44. The summed E-state index contributed by atoms with van der Waals surface area (Å²) < 4.78 is 40.6. The van der Waals surface area contributed by atoms with Gasteiger partial charge in [0, 0.05) is 23.7 Å². The van der Waals surface area contributed by atoms with Crippen molar-refractivity contribution >= 4 is 11.4 Å². The summed E-state index contributed by atoms with van der Waals surface area (Å²) in [5, 5.41) is 14.5. The summed E-state index contributed by atoms with van der Waals surface area (Å²) in [4.78, 5) is 10.8. The quantitative estimate of drug-likeness (QED) is 0.414. The van der Waals surface area contributed by atoms with Gasteiger partial charge in [-0.05, 0) is 42.0 Å². The first-order chi connectivity index (χ1) is 12.8. The standard InChI is InChI=1S/C20H17F3N2O2/c1-11-9-12(25(26)27)10-16-13-6-4-7-14(13)19(24-18(11)16)15-5-2-3-8-17(15)20(21,22)23/h2-6,8-10,13-14,19,24H,7H2,1H3/t13-,14+,19+/m1/s1. The number of alkyl halides is 3. The topological polar surface area (TPSA) is 55.2 Å². The Hall–Kier alpha value is -2.83. The molecule has 0 spiro atoms. The lowest BCUT2D eigenvalue weighted by atomic mass is 9.75. The van der Waals surface area contributed by atoms with Crippen molar-refractivity contribution < 1.29 is 18.1 Å². The molecule has 0 bridgehead atoms. The van der Waals surface area contributed by atoms with Crippen molar-refractivity contribution in [2.45, 2.75) is 31.5 Å². The molecule has 1 aliphatic carbocycles. The number of nitro groups is 1. The Balaban J connectivity index is 1.86. The van der Waals surface area contributed by atoms with E-state index in [1.165, 1.54) is 24.3 Å². The van der Waals surface area contributed by atoms with Gasteiger partial charge in [-0.25, -0.2) is 0 Å². The van der Waals surface area contributed by atoms with E-state index in [1.807, 2.05) is 12.2 Å². The van der Waals surface area contributed by atoms with E-state index in [9.17, 15) is 23.3 Å². The number of anilines is 1. The van der Waals surface area contributed by atoms with E-state index in [0.717, 1.165) is 11.6 Å². The number of nitro benzene ring substituents is 1. The third-order valence-electron chi connectivity index (χ3n) is 5.46. The van der Waals surface area contributed by atoms with Gasteiger partial charge < -0.3 is 5.32 Å². The summed E-state index contributed by atoms with van der Waals surface area (Å²) in [7, 11) is 0. The number of rotatable bonds is 2. The normalized spacial score (nSPS) is 23.5. The maximum Gasteiger partial charge on any atom is 0.416 e. The monoisotopic (exact) mass is 374 g/mol. The zero-order chi connectivity index (χ0) is 19.3. The maximum absolute atomic E-state index is 13.5. The molecule has 0 radical (unpaired) electrons. The van der Waals surface area contributed by atoms with Gasteiger partial charge in [0.2, 0.25) is 0 Å². The molecular formula is C20H17F3N2O2. The molecule has 0 saturated heterocycles. The van der Waals surface area contributed by atoms with E-state index < -0.39 is 22.7 Å². The molecule has 4 rings (SSSR count). The number of hydrogen-bond donors (Lipinski definition) is 1. The Labute approximate surface area is 153 Å². The Morgan fingerprint density at radius 2 is 1.93 bits per heavy atom. The van der Waals surface area contributed by atoms with Gasteiger partial charge in [-0.15, -0.1) is 0 Å². The number of halogens is 3. The molecular weight excluding hydrogens is 357 g/mol. The molecule has 2 aliphatic rings. The van der Waals surface area contributed by atoms with Gasteiger partial charge in [-0.2, -0.15) is 13.2 Å². The lowest BCUT2D eigenvalue weighted by molar-refractivity contribution is -0.385. The molecule has 2 aromatic carbocycles. The van der Waals surface area contributed by atoms with Gasteiger partial charge >= 0.3 is 6.18 Å². The molecule has 0 saturated carbocycles. The highest BCUT2D eigenvalue weighted by molar-refractivity contribution is 5.67. The van der Waals surface area contributed by atoms with Crippen LogP contribution in [0.3, 0.4) is 0 Å². The minimum absolute atomic E-state index is 0.00115. The van der Waals surface area contributed by atoms with Crippen LogP contribution in [0.25, 0.3) is 0 Å². The lowest BCUT2D eigenvalue weighted by Gasteiger charge is -2.39. The van der Waals surface area contributed by atoms with Crippen LogP contribution in [0.4, 0.5) is 24.5 Å². The Bertz CT molecular complexity index is 953. The van der Waals surface area contributed by atoms with Crippen molar-refractivity contribution in [3.63, 3.8) is 0 Å². The number of allylic oxidation sites excluding steroid dienone is 2. The first-order valence-electron chi connectivity index (χ1n) is 8.65. The van der Waals surface area contributed by atoms with E-state index in [0.29, 0.717) is 17.7 Å². The molecule has 7 heteroatoms. The molecule has 1 N–H and O–H groups in total. The number of nitrogens with one attached hydrogen (secondary N) is 1. The number of non-ortho nitro benzene ring substituents is 1. The van der Waals surface area contributed by atoms with Gasteiger partial charge in [0.1, 0.15) is 0 Å². The summed E-state index contributed by atoms with van der Waals surface area (Å²) in [6.45, 7) is 1.74. The van der Waals surface area contributed by atoms with Crippen molar-refractivity contribution in [2.24, 2.45) is 5.92 Å². The van der Waals surface area contributed by atoms with Crippen LogP contribution in [0.1, 0.15) is 40.6 Å². The average molecular weight is 374 g/mol. The lowest BCUT2D eigenvalue weighted by Crippen LogP contribution is -2.31. The van der Waals surface area contributed by atoms with Gasteiger partial charge in [-0.1, -0.05) is 30.4 Å². The molecule has 1 heterocycles. The molecule has 4 nitrogen and oxygen atoms in total. The van der Waals surface area contributed by atoms with Crippen LogP contribution in [-0.2, 0) is 6.18 Å². The van der Waals surface area contributed by atoms with Gasteiger partial charge in [0.15, 0.2) is 0 Å². The molecule has 0 unspecified atom stereocenters. The number of aryl methyl sites for hydroxylation is 1. The third kappa shape index (κ3) is 2.87.